The van der Waals surface area contributed by atoms with Crippen LogP contribution in [0.3, 0.4) is 0 Å². The minimum absolute atomic E-state index is 0. The lowest BCUT2D eigenvalue weighted by Crippen LogP contribution is -1.94. The fourth-order valence-electron chi connectivity index (χ4n) is 0.0900. The van der Waals surface area contributed by atoms with Crippen LogP contribution in [0.4, 0.5) is 0 Å². The molecule has 1 N–H and O–H groups in total. The predicted molar refractivity (Wildman–Crippen MR) is 34.4 cm³/mol. The summed E-state index contributed by atoms with van der Waals surface area (Å²) < 4.78 is 0. The minimum Gasteiger partial charge on any atom is -0.378 e. The van der Waals surface area contributed by atoms with Crippen molar-refractivity contribution in [3.63, 3.8) is 0 Å². The van der Waals surface area contributed by atoms with Gasteiger partial charge in [0.05, 0.1) is 0 Å². The number of rotatable bonds is 2. The molecule has 4 heteroatoms. The average Bonchev–Trinajstić information content (AvgIpc) is 1.35. The second-order valence-corrected chi connectivity index (χ2v) is 1.79. The molecule has 0 saturated carbocycles. The molecule has 46 valence electrons. The van der Waals surface area contributed by atoms with Crippen LogP contribution in [0.25, 0.3) is 0 Å². The SMILES string of the molecule is Cl.OC(Cl)CCCl. The van der Waals surface area contributed by atoms with Crippen LogP contribution in [0.5, 0.6) is 0 Å². The van der Waals surface area contributed by atoms with Crippen LogP contribution in [-0.2, 0) is 0 Å². The number of hydrogen-bond donors (Lipinski definition) is 1. The monoisotopic (exact) mass is 164 g/mol. The molecule has 0 radical (unpaired) electrons. The number of aliphatic hydroxyl groups is 1. The Balaban J connectivity index is 0. The van der Waals surface area contributed by atoms with Gasteiger partial charge in [-0.05, 0) is 0 Å². The van der Waals surface area contributed by atoms with Gasteiger partial charge in [0, 0.05) is 12.3 Å². The summed E-state index contributed by atoms with van der Waals surface area (Å²) >= 11 is 10.2. The highest BCUT2D eigenvalue weighted by Crippen LogP contribution is 1.96. The van der Waals surface area contributed by atoms with E-state index in [0.29, 0.717) is 12.3 Å². The Bertz CT molecular complexity index is 31.4. The number of aliphatic hydroxyl groups excluding tert-OH is 1. The van der Waals surface area contributed by atoms with E-state index >= 15 is 0 Å². The van der Waals surface area contributed by atoms with Crippen LogP contribution in [0.1, 0.15) is 6.42 Å². The molecule has 0 bridgehead atoms. The Labute approximate surface area is 59.0 Å². The topological polar surface area (TPSA) is 20.2 Å². The first kappa shape index (κ1) is 10.7. The maximum atomic E-state index is 8.23. The first-order chi connectivity index (χ1) is 2.77. The molecule has 1 atom stereocenters. The van der Waals surface area contributed by atoms with Crippen molar-refractivity contribution in [3.05, 3.63) is 0 Å². The molecule has 0 heterocycles. The second-order valence-electron chi connectivity index (χ2n) is 0.912. The Morgan fingerprint density at radius 1 is 1.57 bits per heavy atom. The van der Waals surface area contributed by atoms with Gasteiger partial charge in [0.1, 0.15) is 5.56 Å². The summed E-state index contributed by atoms with van der Waals surface area (Å²) in [5.74, 6) is 0.421. The molecule has 0 aromatic heterocycles. The molecule has 0 aliphatic rings. The Hall–Kier alpha value is 0.830. The molecule has 0 amide bonds. The van der Waals surface area contributed by atoms with Gasteiger partial charge in [-0.2, -0.15) is 0 Å². The van der Waals surface area contributed by atoms with Crippen molar-refractivity contribution in [2.75, 3.05) is 5.88 Å². The molecule has 1 nitrogen and oxygen atoms in total. The highest BCUT2D eigenvalue weighted by Gasteiger charge is 1.91. The smallest absolute Gasteiger partial charge is 0.129 e. The molecule has 0 aliphatic heterocycles. The Morgan fingerprint density at radius 2 is 2.00 bits per heavy atom. The highest BCUT2D eigenvalue weighted by atomic mass is 35.5. The van der Waals surface area contributed by atoms with Crippen LogP contribution in [0, 0.1) is 0 Å². The van der Waals surface area contributed by atoms with E-state index in [1.165, 1.54) is 0 Å². The van der Waals surface area contributed by atoms with Gasteiger partial charge in [-0.1, -0.05) is 11.6 Å². The molecule has 0 fully saturated rings. The quantitative estimate of drug-likeness (QED) is 0.616. The van der Waals surface area contributed by atoms with Gasteiger partial charge < -0.3 is 5.11 Å². The maximum Gasteiger partial charge on any atom is 0.129 e. The van der Waals surface area contributed by atoms with Gasteiger partial charge >= 0.3 is 0 Å². The van der Waals surface area contributed by atoms with E-state index in [4.69, 9.17) is 28.3 Å². The largest absolute Gasteiger partial charge is 0.378 e. The lowest BCUT2D eigenvalue weighted by atomic mass is 10.5. The molecule has 1 unspecified atom stereocenters. The van der Waals surface area contributed by atoms with Gasteiger partial charge in [-0.15, -0.1) is 24.0 Å². The third-order valence-corrected chi connectivity index (χ3v) is 0.784. The summed E-state index contributed by atoms with van der Waals surface area (Å²) in [6.45, 7) is 0. The molecule has 0 aliphatic carbocycles. The number of hydrogen-bond acceptors (Lipinski definition) is 1. The van der Waals surface area contributed by atoms with E-state index in [1.54, 1.807) is 0 Å². The van der Waals surface area contributed by atoms with Crippen molar-refractivity contribution >= 4 is 35.6 Å². The van der Waals surface area contributed by atoms with Crippen molar-refractivity contribution in [1.82, 2.24) is 0 Å². The molecular formula is C3H7Cl3O. The zero-order valence-corrected chi connectivity index (χ0v) is 5.93. The van der Waals surface area contributed by atoms with Gasteiger partial charge in [-0.25, -0.2) is 0 Å². The van der Waals surface area contributed by atoms with E-state index in [9.17, 15) is 0 Å². The molecular weight excluding hydrogens is 158 g/mol. The maximum absolute atomic E-state index is 8.23. The van der Waals surface area contributed by atoms with Crippen LogP contribution in [0.15, 0.2) is 0 Å². The van der Waals surface area contributed by atoms with Crippen molar-refractivity contribution in [2.45, 2.75) is 12.0 Å². The third-order valence-electron chi connectivity index (χ3n) is 0.347. The fourth-order valence-corrected chi connectivity index (χ4v) is 0.518. The zero-order chi connectivity index (χ0) is 4.99. The molecule has 0 aromatic carbocycles. The van der Waals surface area contributed by atoms with E-state index in [0.717, 1.165) is 0 Å². The molecule has 7 heavy (non-hydrogen) atoms. The number of halogens is 3. The molecule has 0 rings (SSSR count). The zero-order valence-electron chi connectivity index (χ0n) is 3.60. The normalized spacial score (nSPS) is 12.4. The average molecular weight is 165 g/mol. The van der Waals surface area contributed by atoms with Crippen LogP contribution in [-0.4, -0.2) is 16.5 Å². The van der Waals surface area contributed by atoms with Crippen LogP contribution >= 0.6 is 35.6 Å². The van der Waals surface area contributed by atoms with Crippen molar-refractivity contribution in [2.24, 2.45) is 0 Å². The van der Waals surface area contributed by atoms with Crippen molar-refractivity contribution in [1.29, 1.82) is 0 Å². The van der Waals surface area contributed by atoms with Gasteiger partial charge in [0.2, 0.25) is 0 Å². The van der Waals surface area contributed by atoms with Crippen LogP contribution < -0.4 is 0 Å². The summed E-state index contributed by atoms with van der Waals surface area (Å²) in [4.78, 5) is 0. The van der Waals surface area contributed by atoms with Gasteiger partial charge in [-0.3, -0.25) is 0 Å². The minimum atomic E-state index is -0.762. The first-order valence-electron chi connectivity index (χ1n) is 1.65. The fraction of sp³-hybridized carbons (Fsp3) is 1.00. The van der Waals surface area contributed by atoms with E-state index < -0.39 is 5.56 Å². The van der Waals surface area contributed by atoms with E-state index in [1.807, 2.05) is 0 Å². The van der Waals surface area contributed by atoms with Gasteiger partial charge in [0.15, 0.2) is 0 Å². The van der Waals surface area contributed by atoms with E-state index in [-0.39, 0.29) is 12.4 Å². The third kappa shape index (κ3) is 10.9. The Kier molecular flexibility index (Phi) is 10.5. The summed E-state index contributed by atoms with van der Waals surface area (Å²) in [6.07, 6.45) is 0.461. The summed E-state index contributed by atoms with van der Waals surface area (Å²) in [5, 5.41) is 8.23. The van der Waals surface area contributed by atoms with Crippen molar-refractivity contribution < 1.29 is 5.11 Å². The summed E-state index contributed by atoms with van der Waals surface area (Å²) in [7, 11) is 0. The van der Waals surface area contributed by atoms with E-state index in [2.05, 4.69) is 0 Å². The standard InChI is InChI=1S/C3H6Cl2O.ClH/c4-2-1-3(5)6;/h3,6H,1-2H2;1H. The van der Waals surface area contributed by atoms with Crippen LogP contribution in [0.2, 0.25) is 0 Å². The predicted octanol–water partition coefficient (Wildman–Crippen LogP) is 1.59. The van der Waals surface area contributed by atoms with Gasteiger partial charge in [0.25, 0.3) is 0 Å². The summed E-state index contributed by atoms with van der Waals surface area (Å²) in [6, 6.07) is 0. The molecule has 0 aromatic rings. The highest BCUT2D eigenvalue weighted by molar-refractivity contribution is 6.21. The lowest BCUT2D eigenvalue weighted by molar-refractivity contribution is 0.253. The molecule has 0 spiro atoms. The number of alkyl halides is 2. The Morgan fingerprint density at radius 3 is 2.00 bits per heavy atom. The first-order valence-corrected chi connectivity index (χ1v) is 2.62. The lowest BCUT2D eigenvalue weighted by Gasteiger charge is -1.91. The second kappa shape index (κ2) is 6.83. The summed E-state index contributed by atoms with van der Waals surface area (Å²) in [5.41, 5.74) is -0.762. The van der Waals surface area contributed by atoms with Crippen molar-refractivity contribution in [3.8, 4) is 0 Å². The molecule has 0 saturated heterocycles.